The van der Waals surface area contributed by atoms with Gasteiger partial charge in [0.1, 0.15) is 0 Å². The lowest BCUT2D eigenvalue weighted by atomic mass is 9.83. The Morgan fingerprint density at radius 1 is 1.25 bits per heavy atom. The first-order valence-corrected chi connectivity index (χ1v) is 4.24. The molecule has 0 atom stereocenters. The van der Waals surface area contributed by atoms with Gasteiger partial charge in [-0.05, 0) is 6.42 Å². The van der Waals surface area contributed by atoms with Gasteiger partial charge in [-0.15, -0.1) is 0 Å². The molecule has 7 heteroatoms. The second kappa shape index (κ2) is 5.36. The van der Waals surface area contributed by atoms with Crippen LogP contribution in [0.15, 0.2) is 0 Å². The van der Waals surface area contributed by atoms with Crippen molar-refractivity contribution in [3.05, 3.63) is 0 Å². The lowest BCUT2D eigenvalue weighted by molar-refractivity contribution is -0.146. The van der Waals surface area contributed by atoms with Crippen LogP contribution in [0.5, 0.6) is 0 Å². The summed E-state index contributed by atoms with van der Waals surface area (Å²) >= 11 is 0. The van der Waals surface area contributed by atoms with Crippen LogP contribution in [0.3, 0.4) is 0 Å². The SMILES string of the molecule is COC(=O)CC(C#N)(C#N)CCC(F)(F)F. The second-order valence-electron chi connectivity index (χ2n) is 3.17. The van der Waals surface area contributed by atoms with Gasteiger partial charge in [0.05, 0.1) is 25.7 Å². The van der Waals surface area contributed by atoms with Gasteiger partial charge >= 0.3 is 12.1 Å². The standard InChI is InChI=1S/C9H9F3N2O2/c1-16-7(15)4-8(5-13,6-14)2-3-9(10,11)12/h2-4H2,1H3. The average molecular weight is 234 g/mol. The highest BCUT2D eigenvalue weighted by Gasteiger charge is 2.38. The minimum Gasteiger partial charge on any atom is -0.469 e. The van der Waals surface area contributed by atoms with Gasteiger partial charge in [-0.3, -0.25) is 4.79 Å². The van der Waals surface area contributed by atoms with E-state index >= 15 is 0 Å². The molecular formula is C9H9F3N2O2. The summed E-state index contributed by atoms with van der Waals surface area (Å²) in [4.78, 5) is 10.9. The highest BCUT2D eigenvalue weighted by molar-refractivity contribution is 5.71. The fourth-order valence-corrected chi connectivity index (χ4v) is 0.978. The lowest BCUT2D eigenvalue weighted by Crippen LogP contribution is -2.24. The number of halogens is 3. The number of rotatable bonds is 4. The number of carbonyl (C=O) groups excluding carboxylic acids is 1. The van der Waals surface area contributed by atoms with E-state index in [1.807, 2.05) is 0 Å². The molecule has 0 aliphatic heterocycles. The first-order valence-electron chi connectivity index (χ1n) is 4.24. The quantitative estimate of drug-likeness (QED) is 0.696. The summed E-state index contributed by atoms with van der Waals surface area (Å²) in [6, 6.07) is 2.88. The number of carbonyl (C=O) groups is 1. The molecule has 0 rings (SSSR count). The Balaban J connectivity index is 4.67. The van der Waals surface area contributed by atoms with Crippen LogP contribution in [0.2, 0.25) is 0 Å². The Kier molecular flexibility index (Phi) is 4.77. The summed E-state index contributed by atoms with van der Waals surface area (Å²) < 4.78 is 40.0. The maximum atomic E-state index is 11.9. The maximum Gasteiger partial charge on any atom is 0.389 e. The average Bonchev–Trinajstić information content (AvgIpc) is 2.23. The first-order chi connectivity index (χ1) is 7.28. The Morgan fingerprint density at radius 3 is 2.06 bits per heavy atom. The third kappa shape index (κ3) is 4.65. The van der Waals surface area contributed by atoms with E-state index in [9.17, 15) is 18.0 Å². The van der Waals surface area contributed by atoms with Gasteiger partial charge in [0.15, 0.2) is 5.41 Å². The summed E-state index contributed by atoms with van der Waals surface area (Å²) in [5.74, 6) is -0.884. The second-order valence-corrected chi connectivity index (χ2v) is 3.17. The van der Waals surface area contributed by atoms with Crippen molar-refractivity contribution in [3.8, 4) is 12.1 Å². The van der Waals surface area contributed by atoms with E-state index in [-0.39, 0.29) is 0 Å². The molecule has 0 bridgehead atoms. The smallest absolute Gasteiger partial charge is 0.389 e. The molecule has 0 spiro atoms. The van der Waals surface area contributed by atoms with E-state index in [1.165, 1.54) is 12.1 Å². The number of hydrogen-bond donors (Lipinski definition) is 0. The zero-order valence-corrected chi connectivity index (χ0v) is 8.47. The molecule has 88 valence electrons. The molecule has 0 heterocycles. The number of esters is 1. The zero-order valence-electron chi connectivity index (χ0n) is 8.47. The molecule has 16 heavy (non-hydrogen) atoms. The number of hydrogen-bond acceptors (Lipinski definition) is 4. The highest BCUT2D eigenvalue weighted by Crippen LogP contribution is 2.32. The van der Waals surface area contributed by atoms with Crippen molar-refractivity contribution in [2.75, 3.05) is 7.11 Å². The number of alkyl halides is 3. The van der Waals surface area contributed by atoms with Crippen molar-refractivity contribution >= 4 is 5.97 Å². The van der Waals surface area contributed by atoms with Crippen LogP contribution in [-0.4, -0.2) is 19.3 Å². The molecule has 0 aromatic carbocycles. The van der Waals surface area contributed by atoms with Gasteiger partial charge in [0.2, 0.25) is 0 Å². The summed E-state index contributed by atoms with van der Waals surface area (Å²) in [6.45, 7) is 0. The van der Waals surface area contributed by atoms with Crippen LogP contribution in [0.4, 0.5) is 13.2 Å². The molecule has 0 aliphatic rings. The predicted octanol–water partition coefficient (Wildman–Crippen LogP) is 1.93. The highest BCUT2D eigenvalue weighted by atomic mass is 19.4. The molecule has 0 fully saturated rings. The van der Waals surface area contributed by atoms with E-state index in [1.54, 1.807) is 0 Å². The van der Waals surface area contributed by atoms with Gasteiger partial charge in [0.25, 0.3) is 0 Å². The van der Waals surface area contributed by atoms with Crippen molar-refractivity contribution in [1.82, 2.24) is 0 Å². The third-order valence-corrected chi connectivity index (χ3v) is 1.94. The molecule has 0 saturated heterocycles. The van der Waals surface area contributed by atoms with Gasteiger partial charge in [0, 0.05) is 6.42 Å². The van der Waals surface area contributed by atoms with E-state index in [0.717, 1.165) is 7.11 Å². The van der Waals surface area contributed by atoms with Crippen molar-refractivity contribution in [1.29, 1.82) is 10.5 Å². The number of methoxy groups -OCH3 is 1. The molecule has 0 aliphatic carbocycles. The molecule has 0 unspecified atom stereocenters. The van der Waals surface area contributed by atoms with Crippen molar-refractivity contribution in [2.45, 2.75) is 25.4 Å². The van der Waals surface area contributed by atoms with Crippen LogP contribution in [-0.2, 0) is 9.53 Å². The van der Waals surface area contributed by atoms with Crippen molar-refractivity contribution in [3.63, 3.8) is 0 Å². The number of nitrogens with zero attached hydrogens (tertiary/aromatic N) is 2. The Morgan fingerprint density at radius 2 is 1.75 bits per heavy atom. The first kappa shape index (κ1) is 14.2. The van der Waals surface area contributed by atoms with Gasteiger partial charge < -0.3 is 4.74 Å². The normalized spacial score (nSPS) is 11.4. The molecule has 0 N–H and O–H groups in total. The Hall–Kier alpha value is -1.76. The Bertz CT molecular complexity index is 324. The number of nitriles is 2. The summed E-state index contributed by atoms with van der Waals surface area (Å²) in [5, 5.41) is 17.3. The van der Waals surface area contributed by atoms with E-state index < -0.39 is 36.8 Å². The topological polar surface area (TPSA) is 73.9 Å². The van der Waals surface area contributed by atoms with Crippen LogP contribution in [0, 0.1) is 28.1 Å². The van der Waals surface area contributed by atoms with Crippen molar-refractivity contribution < 1.29 is 22.7 Å². The summed E-state index contributed by atoms with van der Waals surface area (Å²) in [6.07, 6.45) is -7.15. The minimum atomic E-state index is -4.46. The predicted molar refractivity (Wildman–Crippen MR) is 45.6 cm³/mol. The van der Waals surface area contributed by atoms with E-state index in [4.69, 9.17) is 10.5 Å². The molecule has 0 aromatic heterocycles. The summed E-state index contributed by atoms with van der Waals surface area (Å²) in [5.41, 5.74) is -1.97. The zero-order chi connectivity index (χ0) is 12.8. The molecule has 0 radical (unpaired) electrons. The van der Waals surface area contributed by atoms with Crippen LogP contribution >= 0.6 is 0 Å². The Labute approximate surface area is 90.2 Å². The maximum absolute atomic E-state index is 11.9. The third-order valence-electron chi connectivity index (χ3n) is 1.94. The van der Waals surface area contributed by atoms with Crippen molar-refractivity contribution in [2.24, 2.45) is 5.41 Å². The lowest BCUT2D eigenvalue weighted by Gasteiger charge is -2.17. The minimum absolute atomic E-state index is 0.660. The van der Waals surface area contributed by atoms with Crippen LogP contribution in [0.25, 0.3) is 0 Å². The van der Waals surface area contributed by atoms with Crippen LogP contribution < -0.4 is 0 Å². The van der Waals surface area contributed by atoms with E-state index in [2.05, 4.69) is 4.74 Å². The monoisotopic (exact) mass is 234 g/mol. The molecule has 0 aromatic rings. The van der Waals surface area contributed by atoms with Gasteiger partial charge in [-0.2, -0.15) is 23.7 Å². The molecule has 0 amide bonds. The molecule has 0 saturated carbocycles. The summed E-state index contributed by atoms with van der Waals surface area (Å²) in [7, 11) is 1.03. The fourth-order valence-electron chi connectivity index (χ4n) is 0.978. The van der Waals surface area contributed by atoms with Gasteiger partial charge in [-0.1, -0.05) is 0 Å². The molecule has 4 nitrogen and oxygen atoms in total. The van der Waals surface area contributed by atoms with Crippen LogP contribution in [0.1, 0.15) is 19.3 Å². The fraction of sp³-hybridized carbons (Fsp3) is 0.667. The number of ether oxygens (including phenoxy) is 1. The molecular weight excluding hydrogens is 225 g/mol. The largest absolute Gasteiger partial charge is 0.469 e. The van der Waals surface area contributed by atoms with E-state index in [0.29, 0.717) is 0 Å². The van der Waals surface area contributed by atoms with Gasteiger partial charge in [-0.25, -0.2) is 0 Å².